The number of hydrogen-bond donors (Lipinski definition) is 1. The molecule has 4 nitrogen and oxygen atoms in total. The van der Waals surface area contributed by atoms with E-state index in [-0.39, 0.29) is 5.56 Å². The van der Waals surface area contributed by atoms with Crippen molar-refractivity contribution < 1.29 is 8.78 Å². The van der Waals surface area contributed by atoms with Crippen LogP contribution in [0.3, 0.4) is 0 Å². The lowest BCUT2D eigenvalue weighted by Gasteiger charge is -2.14. The highest BCUT2D eigenvalue weighted by Crippen LogP contribution is 2.42. The maximum atomic E-state index is 14.7. The van der Waals surface area contributed by atoms with Crippen LogP contribution in [0.1, 0.15) is 12.1 Å². The summed E-state index contributed by atoms with van der Waals surface area (Å²) < 4.78 is 30.3. The van der Waals surface area contributed by atoms with Crippen molar-refractivity contribution in [3.8, 4) is 22.4 Å². The van der Waals surface area contributed by atoms with Crippen molar-refractivity contribution in [2.45, 2.75) is 19.4 Å². The fourth-order valence-corrected chi connectivity index (χ4v) is 3.94. The lowest BCUT2D eigenvalue weighted by Crippen LogP contribution is -2.06. The molecule has 0 atom stereocenters. The first kappa shape index (κ1) is 16.4. The van der Waals surface area contributed by atoms with Gasteiger partial charge in [0.2, 0.25) is 0 Å². The van der Waals surface area contributed by atoms with Gasteiger partial charge in [-0.1, -0.05) is 17.7 Å². The number of benzene rings is 2. The van der Waals surface area contributed by atoms with Crippen molar-refractivity contribution in [1.82, 2.24) is 9.78 Å². The van der Waals surface area contributed by atoms with Gasteiger partial charge in [0.15, 0.2) is 5.82 Å². The van der Waals surface area contributed by atoms with Gasteiger partial charge in [-0.15, -0.1) is 0 Å². The standard InChI is InChI=1S/C20H15ClF2N4/c21-18-13(22)5-4-12(19(18)23)20-17(16-2-1-9-27(16)26-20)11-3-6-14-15(10-11)25-8-7-24-14/h3-6,8,10,24H,1-2,7,9H2. The van der Waals surface area contributed by atoms with E-state index in [1.165, 1.54) is 12.1 Å². The van der Waals surface area contributed by atoms with Gasteiger partial charge in [-0.3, -0.25) is 9.67 Å². The summed E-state index contributed by atoms with van der Waals surface area (Å²) in [5.41, 5.74) is 5.31. The van der Waals surface area contributed by atoms with Gasteiger partial charge in [-0.05, 0) is 42.7 Å². The molecular formula is C20H15ClF2N4. The van der Waals surface area contributed by atoms with E-state index >= 15 is 0 Å². The van der Waals surface area contributed by atoms with Crippen molar-refractivity contribution in [2.75, 3.05) is 11.9 Å². The number of aliphatic imine (C=N–C) groups is 1. The number of nitrogens with one attached hydrogen (secondary N) is 1. The van der Waals surface area contributed by atoms with Crippen LogP contribution >= 0.6 is 11.6 Å². The smallest absolute Gasteiger partial charge is 0.154 e. The Kier molecular flexibility index (Phi) is 3.75. The molecule has 0 unspecified atom stereocenters. The van der Waals surface area contributed by atoms with E-state index in [9.17, 15) is 8.78 Å². The molecular weight excluding hydrogens is 370 g/mol. The van der Waals surface area contributed by atoms with Gasteiger partial charge in [0.1, 0.15) is 16.5 Å². The van der Waals surface area contributed by atoms with Gasteiger partial charge in [0.05, 0.1) is 17.9 Å². The zero-order valence-corrected chi connectivity index (χ0v) is 15.0. The summed E-state index contributed by atoms with van der Waals surface area (Å²) in [4.78, 5) is 4.44. The van der Waals surface area contributed by atoms with Gasteiger partial charge in [-0.25, -0.2) is 8.78 Å². The quantitative estimate of drug-likeness (QED) is 0.615. The lowest BCUT2D eigenvalue weighted by molar-refractivity contribution is 0.585. The number of aromatic nitrogens is 2. The maximum Gasteiger partial charge on any atom is 0.154 e. The molecule has 2 aliphatic heterocycles. The number of hydrogen-bond acceptors (Lipinski definition) is 3. The Morgan fingerprint density at radius 1 is 1.15 bits per heavy atom. The maximum absolute atomic E-state index is 14.7. The Hall–Kier alpha value is -2.73. The molecule has 0 aliphatic carbocycles. The SMILES string of the molecule is Fc1ccc(-c2nn3c(c2-c2ccc4c(c2)N=CCN4)CCC3)c(F)c1Cl. The molecule has 2 aromatic carbocycles. The molecule has 3 heterocycles. The van der Waals surface area contributed by atoms with Crippen LogP contribution in [-0.4, -0.2) is 22.5 Å². The van der Waals surface area contributed by atoms with Gasteiger partial charge >= 0.3 is 0 Å². The van der Waals surface area contributed by atoms with E-state index in [1.807, 2.05) is 29.1 Å². The van der Waals surface area contributed by atoms with Crippen molar-refractivity contribution in [3.05, 3.63) is 52.7 Å². The van der Waals surface area contributed by atoms with Crippen molar-refractivity contribution in [3.63, 3.8) is 0 Å². The first-order chi connectivity index (χ1) is 13.1. The van der Waals surface area contributed by atoms with E-state index in [0.717, 1.165) is 47.6 Å². The first-order valence-corrected chi connectivity index (χ1v) is 9.15. The van der Waals surface area contributed by atoms with Crippen LogP contribution in [0, 0.1) is 11.6 Å². The number of fused-ring (bicyclic) bond motifs is 2. The molecule has 136 valence electrons. The van der Waals surface area contributed by atoms with E-state index in [1.54, 1.807) is 0 Å². The molecule has 2 aliphatic rings. The monoisotopic (exact) mass is 384 g/mol. The molecule has 27 heavy (non-hydrogen) atoms. The summed E-state index contributed by atoms with van der Waals surface area (Å²) in [5, 5.41) is 7.38. The average Bonchev–Trinajstić information content (AvgIpc) is 3.27. The highest BCUT2D eigenvalue weighted by atomic mass is 35.5. The van der Waals surface area contributed by atoms with E-state index in [4.69, 9.17) is 11.6 Å². The number of aryl methyl sites for hydroxylation is 1. The third-order valence-corrected chi connectivity index (χ3v) is 5.38. The number of rotatable bonds is 2. The number of nitrogens with zero attached hydrogens (tertiary/aromatic N) is 3. The molecule has 1 aromatic heterocycles. The summed E-state index contributed by atoms with van der Waals surface area (Å²) in [7, 11) is 0. The molecule has 0 radical (unpaired) electrons. The van der Waals surface area contributed by atoms with Gasteiger partial charge in [0, 0.05) is 29.6 Å². The molecule has 5 rings (SSSR count). The fourth-order valence-electron chi connectivity index (χ4n) is 3.78. The van der Waals surface area contributed by atoms with Crippen LogP contribution in [-0.2, 0) is 13.0 Å². The molecule has 0 saturated carbocycles. The van der Waals surface area contributed by atoms with Crippen molar-refractivity contribution in [1.29, 1.82) is 0 Å². The summed E-state index contributed by atoms with van der Waals surface area (Å²) in [5.74, 6) is -1.56. The Morgan fingerprint density at radius 2 is 2.04 bits per heavy atom. The minimum atomic E-state index is -0.785. The van der Waals surface area contributed by atoms with Crippen LogP contribution in [0.4, 0.5) is 20.2 Å². The minimum Gasteiger partial charge on any atom is -0.378 e. The Bertz CT molecular complexity index is 1100. The van der Waals surface area contributed by atoms with Crippen LogP contribution in [0.2, 0.25) is 5.02 Å². The highest BCUT2D eigenvalue weighted by Gasteiger charge is 2.27. The highest BCUT2D eigenvalue weighted by molar-refractivity contribution is 6.31. The molecule has 0 spiro atoms. The molecule has 1 N–H and O–H groups in total. The van der Waals surface area contributed by atoms with Gasteiger partial charge < -0.3 is 5.32 Å². The number of anilines is 1. The fraction of sp³-hybridized carbons (Fsp3) is 0.200. The second-order valence-corrected chi connectivity index (χ2v) is 7.02. The van der Waals surface area contributed by atoms with Crippen LogP contribution in [0.15, 0.2) is 35.3 Å². The van der Waals surface area contributed by atoms with Gasteiger partial charge in [0.25, 0.3) is 0 Å². The Morgan fingerprint density at radius 3 is 2.93 bits per heavy atom. The lowest BCUT2D eigenvalue weighted by atomic mass is 9.96. The zero-order chi connectivity index (χ0) is 18.5. The van der Waals surface area contributed by atoms with E-state index in [2.05, 4.69) is 15.4 Å². The summed E-state index contributed by atoms with van der Waals surface area (Å²) >= 11 is 5.81. The molecule has 0 saturated heterocycles. The number of halogens is 3. The Balaban J connectivity index is 1.74. The third kappa shape index (κ3) is 2.55. The van der Waals surface area contributed by atoms with Crippen molar-refractivity contribution in [2.24, 2.45) is 4.99 Å². The summed E-state index contributed by atoms with van der Waals surface area (Å²) in [6.45, 7) is 1.48. The predicted molar refractivity (Wildman–Crippen MR) is 103 cm³/mol. The first-order valence-electron chi connectivity index (χ1n) is 8.78. The average molecular weight is 385 g/mol. The minimum absolute atomic E-state index is 0.206. The third-order valence-electron chi connectivity index (χ3n) is 5.03. The Labute approximate surface area is 159 Å². The largest absolute Gasteiger partial charge is 0.378 e. The second kappa shape index (κ2) is 6.16. The molecule has 0 amide bonds. The van der Waals surface area contributed by atoms with Crippen molar-refractivity contribution >= 4 is 29.2 Å². The molecule has 7 heteroatoms. The topological polar surface area (TPSA) is 42.2 Å². The molecule has 0 fully saturated rings. The predicted octanol–water partition coefficient (Wildman–Crippen LogP) is 5.22. The van der Waals surface area contributed by atoms with Crippen LogP contribution in [0.25, 0.3) is 22.4 Å². The van der Waals surface area contributed by atoms with E-state index < -0.39 is 16.7 Å². The molecule has 0 bridgehead atoms. The summed E-state index contributed by atoms with van der Waals surface area (Å²) in [6.07, 6.45) is 3.67. The normalized spacial score (nSPS) is 14.8. The zero-order valence-electron chi connectivity index (χ0n) is 14.3. The molecule has 3 aromatic rings. The van der Waals surface area contributed by atoms with Crippen LogP contribution in [0.5, 0.6) is 0 Å². The van der Waals surface area contributed by atoms with Gasteiger partial charge in [-0.2, -0.15) is 5.10 Å². The second-order valence-electron chi connectivity index (χ2n) is 6.64. The summed E-state index contributed by atoms with van der Waals surface area (Å²) in [6, 6.07) is 8.50. The van der Waals surface area contributed by atoms with E-state index in [0.29, 0.717) is 12.2 Å². The van der Waals surface area contributed by atoms with Crippen LogP contribution < -0.4 is 5.32 Å².